The number of carbonyl (C=O) groups is 1. The molecule has 1 aromatic carbocycles. The number of carbonyl (C=O) groups excluding carboxylic acids is 1. The van der Waals surface area contributed by atoms with E-state index in [0.717, 1.165) is 29.0 Å². The molecular formula is C23H24N4O3. The number of likely N-dealkylation sites (tertiary alicyclic amines) is 1. The number of hydrogen-bond donors (Lipinski definition) is 1. The minimum atomic E-state index is -0.189. The lowest BCUT2D eigenvalue weighted by atomic mass is 10.0. The maximum absolute atomic E-state index is 12.8. The summed E-state index contributed by atoms with van der Waals surface area (Å²) >= 11 is 0. The van der Waals surface area contributed by atoms with E-state index in [4.69, 9.17) is 4.74 Å². The number of pyridine rings is 1. The third-order valence-corrected chi connectivity index (χ3v) is 5.26. The fraction of sp³-hybridized carbons (Fsp3) is 0.304. The zero-order chi connectivity index (χ0) is 20.9. The van der Waals surface area contributed by atoms with Crippen LogP contribution in [-0.4, -0.2) is 45.5 Å². The van der Waals surface area contributed by atoms with Gasteiger partial charge in [0.1, 0.15) is 11.6 Å². The molecule has 3 aromatic rings. The second kappa shape index (κ2) is 8.90. The standard InChI is InChI=1S/C23H24N4O3/c1-2-30-19-5-3-16(4-6-19)13-22(29)27-12-9-18(15-27)20-14-21(28)26-23(25-20)17-7-10-24-11-8-17/h3-8,10-11,14,18H,2,9,12-13,15H2,1H3,(H,25,26,28)/t18-/m0/s1. The number of amides is 1. The van der Waals surface area contributed by atoms with Gasteiger partial charge in [0.15, 0.2) is 0 Å². The Morgan fingerprint density at radius 1 is 1.20 bits per heavy atom. The second-order valence-corrected chi connectivity index (χ2v) is 7.33. The molecule has 1 saturated heterocycles. The van der Waals surface area contributed by atoms with Gasteiger partial charge >= 0.3 is 0 Å². The third kappa shape index (κ3) is 4.56. The molecular weight excluding hydrogens is 380 g/mol. The van der Waals surface area contributed by atoms with Gasteiger partial charge in [-0.1, -0.05) is 12.1 Å². The molecule has 2 aromatic heterocycles. The van der Waals surface area contributed by atoms with Crippen molar-refractivity contribution in [3.05, 3.63) is 76.5 Å². The predicted molar refractivity (Wildman–Crippen MR) is 113 cm³/mol. The average Bonchev–Trinajstić information content (AvgIpc) is 3.26. The van der Waals surface area contributed by atoms with E-state index in [1.807, 2.05) is 48.2 Å². The SMILES string of the molecule is CCOc1ccc(CC(=O)N2CC[C@H](c3cc(=O)[nH]c(-c4ccncc4)n3)C2)cc1. The summed E-state index contributed by atoms with van der Waals surface area (Å²) < 4.78 is 5.45. The maximum atomic E-state index is 12.8. The Labute approximate surface area is 174 Å². The molecule has 0 radical (unpaired) electrons. The van der Waals surface area contributed by atoms with Crippen LogP contribution in [0, 0.1) is 0 Å². The summed E-state index contributed by atoms with van der Waals surface area (Å²) in [5.74, 6) is 1.47. The summed E-state index contributed by atoms with van der Waals surface area (Å²) in [7, 11) is 0. The van der Waals surface area contributed by atoms with Gasteiger partial charge in [-0.25, -0.2) is 4.98 Å². The van der Waals surface area contributed by atoms with Crippen LogP contribution in [0.25, 0.3) is 11.4 Å². The van der Waals surface area contributed by atoms with Gasteiger partial charge < -0.3 is 14.6 Å². The Morgan fingerprint density at radius 2 is 1.97 bits per heavy atom. The number of nitrogens with one attached hydrogen (secondary N) is 1. The largest absolute Gasteiger partial charge is 0.494 e. The summed E-state index contributed by atoms with van der Waals surface area (Å²) in [5, 5.41) is 0. The number of aromatic nitrogens is 3. The average molecular weight is 404 g/mol. The molecule has 1 atom stereocenters. The van der Waals surface area contributed by atoms with Crippen molar-refractivity contribution in [1.82, 2.24) is 19.9 Å². The summed E-state index contributed by atoms with van der Waals surface area (Å²) in [6.45, 7) is 3.80. The minimum Gasteiger partial charge on any atom is -0.494 e. The first-order chi connectivity index (χ1) is 14.6. The maximum Gasteiger partial charge on any atom is 0.251 e. The van der Waals surface area contributed by atoms with E-state index in [1.165, 1.54) is 6.07 Å². The van der Waals surface area contributed by atoms with Crippen LogP contribution < -0.4 is 10.3 Å². The van der Waals surface area contributed by atoms with E-state index in [0.29, 0.717) is 31.9 Å². The molecule has 1 aliphatic heterocycles. The predicted octanol–water partition coefficient (Wildman–Crippen LogP) is 2.79. The van der Waals surface area contributed by atoms with E-state index >= 15 is 0 Å². The van der Waals surface area contributed by atoms with E-state index < -0.39 is 0 Å². The molecule has 7 heteroatoms. The van der Waals surface area contributed by atoms with Crippen LogP contribution >= 0.6 is 0 Å². The Bertz CT molecular complexity index is 1060. The highest BCUT2D eigenvalue weighted by atomic mass is 16.5. The highest BCUT2D eigenvalue weighted by molar-refractivity contribution is 5.79. The summed E-state index contributed by atoms with van der Waals surface area (Å²) in [4.78, 5) is 38.2. The molecule has 1 fully saturated rings. The summed E-state index contributed by atoms with van der Waals surface area (Å²) in [6, 6.07) is 12.8. The third-order valence-electron chi connectivity index (χ3n) is 5.26. The molecule has 7 nitrogen and oxygen atoms in total. The van der Waals surface area contributed by atoms with Gasteiger partial charge in [0.2, 0.25) is 5.91 Å². The van der Waals surface area contributed by atoms with Crippen molar-refractivity contribution in [2.45, 2.75) is 25.7 Å². The van der Waals surface area contributed by atoms with Crippen LogP contribution in [0.15, 0.2) is 59.7 Å². The molecule has 3 heterocycles. The van der Waals surface area contributed by atoms with E-state index in [1.54, 1.807) is 12.4 Å². The van der Waals surface area contributed by atoms with Crippen molar-refractivity contribution < 1.29 is 9.53 Å². The molecule has 1 aliphatic rings. The first kappa shape index (κ1) is 19.8. The van der Waals surface area contributed by atoms with Crippen molar-refractivity contribution in [2.24, 2.45) is 0 Å². The molecule has 0 spiro atoms. The van der Waals surface area contributed by atoms with Crippen molar-refractivity contribution in [1.29, 1.82) is 0 Å². The lowest BCUT2D eigenvalue weighted by Crippen LogP contribution is -2.30. The number of aromatic amines is 1. The fourth-order valence-electron chi connectivity index (χ4n) is 3.72. The Hall–Kier alpha value is -3.48. The monoisotopic (exact) mass is 404 g/mol. The van der Waals surface area contributed by atoms with Gasteiger partial charge in [-0.3, -0.25) is 14.6 Å². The smallest absolute Gasteiger partial charge is 0.251 e. The van der Waals surface area contributed by atoms with E-state index in [9.17, 15) is 9.59 Å². The highest BCUT2D eigenvalue weighted by Gasteiger charge is 2.28. The lowest BCUT2D eigenvalue weighted by Gasteiger charge is -2.17. The van der Waals surface area contributed by atoms with E-state index in [2.05, 4.69) is 15.0 Å². The minimum absolute atomic E-state index is 0.0529. The molecule has 154 valence electrons. The molecule has 0 bridgehead atoms. The fourth-order valence-corrected chi connectivity index (χ4v) is 3.72. The topological polar surface area (TPSA) is 88.2 Å². The van der Waals surface area contributed by atoms with Crippen LogP contribution in [0.2, 0.25) is 0 Å². The van der Waals surface area contributed by atoms with Gasteiger partial charge in [0.05, 0.1) is 18.7 Å². The normalized spacial score (nSPS) is 15.9. The van der Waals surface area contributed by atoms with Gasteiger partial charge in [-0.05, 0) is 43.2 Å². The zero-order valence-corrected chi connectivity index (χ0v) is 16.9. The van der Waals surface area contributed by atoms with Gasteiger partial charge in [-0.2, -0.15) is 0 Å². The number of ether oxygens (including phenoxy) is 1. The van der Waals surface area contributed by atoms with E-state index in [-0.39, 0.29) is 17.4 Å². The van der Waals surface area contributed by atoms with Gasteiger partial charge in [0.25, 0.3) is 5.56 Å². The van der Waals surface area contributed by atoms with Crippen molar-refractivity contribution in [3.8, 4) is 17.1 Å². The van der Waals surface area contributed by atoms with Crippen molar-refractivity contribution >= 4 is 5.91 Å². The quantitative estimate of drug-likeness (QED) is 0.683. The summed E-state index contributed by atoms with van der Waals surface area (Å²) in [6.07, 6.45) is 4.48. The molecule has 30 heavy (non-hydrogen) atoms. The number of benzene rings is 1. The molecule has 0 saturated carbocycles. The number of rotatable bonds is 6. The molecule has 1 N–H and O–H groups in total. The zero-order valence-electron chi connectivity index (χ0n) is 16.9. The van der Waals surface area contributed by atoms with Crippen LogP contribution in [0.3, 0.4) is 0 Å². The highest BCUT2D eigenvalue weighted by Crippen LogP contribution is 2.27. The van der Waals surface area contributed by atoms with Crippen LogP contribution in [-0.2, 0) is 11.2 Å². The van der Waals surface area contributed by atoms with Crippen LogP contribution in [0.1, 0.15) is 30.5 Å². The first-order valence-corrected chi connectivity index (χ1v) is 10.1. The Morgan fingerprint density at radius 3 is 2.70 bits per heavy atom. The Balaban J connectivity index is 1.43. The molecule has 1 amide bonds. The number of H-pyrrole nitrogens is 1. The van der Waals surface area contributed by atoms with Gasteiger partial charge in [-0.15, -0.1) is 0 Å². The van der Waals surface area contributed by atoms with Crippen LogP contribution in [0.4, 0.5) is 0 Å². The molecule has 0 unspecified atom stereocenters. The Kier molecular flexibility index (Phi) is 5.88. The van der Waals surface area contributed by atoms with Crippen molar-refractivity contribution in [3.63, 3.8) is 0 Å². The first-order valence-electron chi connectivity index (χ1n) is 10.1. The van der Waals surface area contributed by atoms with Crippen molar-refractivity contribution in [2.75, 3.05) is 19.7 Å². The molecule has 0 aliphatic carbocycles. The van der Waals surface area contributed by atoms with Gasteiger partial charge in [0, 0.05) is 43.0 Å². The summed E-state index contributed by atoms with van der Waals surface area (Å²) in [5.41, 5.74) is 2.31. The lowest BCUT2D eigenvalue weighted by molar-refractivity contribution is -0.129. The van der Waals surface area contributed by atoms with Crippen LogP contribution in [0.5, 0.6) is 5.75 Å². The number of hydrogen-bond acceptors (Lipinski definition) is 5. The second-order valence-electron chi connectivity index (χ2n) is 7.33. The number of nitrogens with zero attached hydrogens (tertiary/aromatic N) is 3. The molecule has 4 rings (SSSR count).